The molecule has 1 aromatic rings. The summed E-state index contributed by atoms with van der Waals surface area (Å²) in [5.41, 5.74) is 6.48. The quantitative estimate of drug-likeness (QED) is 0.182. The van der Waals surface area contributed by atoms with E-state index in [1.165, 1.54) is 9.80 Å². The number of nitrogens with zero attached hydrogens (tertiary/aromatic N) is 2. The molecule has 36 heavy (non-hydrogen) atoms. The number of carbonyl (C=O) groups is 4. The van der Waals surface area contributed by atoms with Crippen molar-refractivity contribution in [3.63, 3.8) is 0 Å². The molecule has 1 aromatic carbocycles. The Morgan fingerprint density at radius 1 is 1.17 bits per heavy atom. The average molecular weight is 523 g/mol. The number of amides is 2. The minimum Gasteiger partial charge on any atom is -0.480 e. The molecule has 1 saturated carbocycles. The van der Waals surface area contributed by atoms with Crippen molar-refractivity contribution in [2.24, 2.45) is 17.6 Å². The first kappa shape index (κ1) is 28.9. The summed E-state index contributed by atoms with van der Waals surface area (Å²) in [6.45, 7) is 2.21. The van der Waals surface area contributed by atoms with E-state index < -0.39 is 17.9 Å². The molecule has 0 radical (unpaired) electrons. The highest BCUT2D eigenvalue weighted by Gasteiger charge is 2.32. The Morgan fingerprint density at radius 3 is 2.44 bits per heavy atom. The zero-order valence-electron chi connectivity index (χ0n) is 20.4. The van der Waals surface area contributed by atoms with Crippen molar-refractivity contribution in [3.05, 3.63) is 29.8 Å². The van der Waals surface area contributed by atoms with Crippen LogP contribution in [0.4, 0.5) is 5.69 Å². The molecule has 3 rings (SSSR count). The Morgan fingerprint density at radius 2 is 1.83 bits per heavy atom. The van der Waals surface area contributed by atoms with Gasteiger partial charge in [0.1, 0.15) is 12.6 Å². The highest BCUT2D eigenvalue weighted by atomic mass is 35.5. The molecule has 1 atom stereocenters. The van der Waals surface area contributed by atoms with E-state index in [1.54, 1.807) is 31.2 Å². The van der Waals surface area contributed by atoms with Crippen LogP contribution in [0, 0.1) is 17.2 Å². The number of ketones is 1. The lowest BCUT2D eigenvalue weighted by Crippen LogP contribution is -2.55. The van der Waals surface area contributed by atoms with Crippen LogP contribution in [0.3, 0.4) is 0 Å². The first-order valence-electron chi connectivity index (χ1n) is 11.9. The number of hydrogen-bond donors (Lipinski definition) is 5. The molecular weight excluding hydrogens is 488 g/mol. The standard InChI is InChI=1S/C24H34N6O5.ClH/c1-15(23(35)30-11-10-29(14-21(32)33)20(31)13-30)28-19-5-3-2-4-18(19)22(34)17-8-6-16(7-9-17)12-27-24(25)26;/h2-5,15-17,28H,6-14H2,1H3,(H,32,33)(H4,25,26,27);1H/t15-,16-,17-;/m0./s1. The number of carboxylic acids is 1. The normalized spacial score (nSPS) is 20.6. The largest absolute Gasteiger partial charge is 0.480 e. The van der Waals surface area contributed by atoms with E-state index in [0.717, 1.165) is 25.7 Å². The molecule has 0 unspecified atom stereocenters. The lowest BCUT2D eigenvalue weighted by Gasteiger charge is -2.35. The van der Waals surface area contributed by atoms with Gasteiger partial charge in [-0.3, -0.25) is 24.6 Å². The second kappa shape index (κ2) is 13.1. The maximum absolute atomic E-state index is 13.3. The molecule has 198 valence electrons. The van der Waals surface area contributed by atoms with E-state index in [9.17, 15) is 19.2 Å². The van der Waals surface area contributed by atoms with Crippen LogP contribution >= 0.6 is 12.4 Å². The fourth-order valence-corrected chi connectivity index (χ4v) is 4.72. The number of hydrogen-bond acceptors (Lipinski definition) is 6. The number of carbonyl (C=O) groups excluding carboxylic acids is 3. The molecule has 0 bridgehead atoms. The number of halogens is 1. The van der Waals surface area contributed by atoms with Gasteiger partial charge in [-0.05, 0) is 50.7 Å². The van der Waals surface area contributed by atoms with Crippen molar-refractivity contribution in [2.75, 3.05) is 38.0 Å². The molecule has 0 aromatic heterocycles. The van der Waals surface area contributed by atoms with Crippen molar-refractivity contribution >= 4 is 47.6 Å². The lowest BCUT2D eigenvalue weighted by atomic mass is 9.78. The van der Waals surface area contributed by atoms with Crippen LogP contribution in [-0.4, -0.2) is 83.2 Å². The third-order valence-electron chi connectivity index (χ3n) is 6.69. The third kappa shape index (κ3) is 7.58. The molecule has 1 aliphatic heterocycles. The topological polar surface area (TPSA) is 169 Å². The van der Waals surface area contributed by atoms with Crippen molar-refractivity contribution in [2.45, 2.75) is 38.6 Å². The number of rotatable bonds is 9. The summed E-state index contributed by atoms with van der Waals surface area (Å²) in [5.74, 6) is -1.49. The molecule has 11 nitrogen and oxygen atoms in total. The van der Waals surface area contributed by atoms with Crippen LogP contribution in [0.15, 0.2) is 24.3 Å². The lowest BCUT2D eigenvalue weighted by molar-refractivity contribution is -0.150. The van der Waals surface area contributed by atoms with Crippen LogP contribution in [0.1, 0.15) is 43.0 Å². The predicted molar refractivity (Wildman–Crippen MR) is 137 cm³/mol. The van der Waals surface area contributed by atoms with Crippen LogP contribution in [0.25, 0.3) is 0 Å². The van der Waals surface area contributed by atoms with Crippen molar-refractivity contribution in [1.29, 1.82) is 5.41 Å². The molecule has 1 saturated heterocycles. The average Bonchev–Trinajstić information content (AvgIpc) is 2.83. The van der Waals surface area contributed by atoms with Gasteiger partial charge in [0.25, 0.3) is 0 Å². The summed E-state index contributed by atoms with van der Waals surface area (Å²) in [5, 5.41) is 22.2. The SMILES string of the molecule is C[C@H](Nc1ccccc1C(=O)[C@H]1CC[C@H](CNC(=N)N)CC1)C(=O)N1CCN(CC(=O)O)C(=O)C1.Cl. The number of anilines is 1. The summed E-state index contributed by atoms with van der Waals surface area (Å²) >= 11 is 0. The third-order valence-corrected chi connectivity index (χ3v) is 6.69. The van der Waals surface area contributed by atoms with Crippen LogP contribution < -0.4 is 16.4 Å². The maximum Gasteiger partial charge on any atom is 0.323 e. The molecule has 6 N–H and O–H groups in total. The van der Waals surface area contributed by atoms with Crippen LogP contribution in [-0.2, 0) is 14.4 Å². The number of carboxylic acid groups (broad SMARTS) is 1. The Labute approximate surface area is 216 Å². The smallest absolute Gasteiger partial charge is 0.323 e. The highest BCUT2D eigenvalue weighted by molar-refractivity contribution is 6.03. The number of benzene rings is 1. The van der Waals surface area contributed by atoms with E-state index in [2.05, 4.69) is 10.6 Å². The van der Waals surface area contributed by atoms with Gasteiger partial charge < -0.3 is 31.3 Å². The monoisotopic (exact) mass is 522 g/mol. The van der Waals surface area contributed by atoms with Crippen molar-refractivity contribution in [1.82, 2.24) is 15.1 Å². The summed E-state index contributed by atoms with van der Waals surface area (Å²) in [4.78, 5) is 52.0. The molecule has 2 amide bonds. The Balaban J connectivity index is 0.00000456. The van der Waals surface area contributed by atoms with E-state index in [4.69, 9.17) is 16.2 Å². The van der Waals surface area contributed by atoms with E-state index in [-0.39, 0.29) is 62.2 Å². The number of aliphatic carboxylic acids is 1. The number of nitrogens with two attached hydrogens (primary N) is 1. The number of para-hydroxylation sites is 1. The highest BCUT2D eigenvalue weighted by Crippen LogP contribution is 2.32. The number of guanidine groups is 1. The summed E-state index contributed by atoms with van der Waals surface area (Å²) in [6, 6.07) is 6.47. The first-order valence-corrected chi connectivity index (χ1v) is 11.9. The van der Waals surface area contributed by atoms with E-state index in [0.29, 0.717) is 23.7 Å². The fourth-order valence-electron chi connectivity index (χ4n) is 4.72. The second-order valence-corrected chi connectivity index (χ2v) is 9.26. The minimum atomic E-state index is -1.09. The zero-order valence-corrected chi connectivity index (χ0v) is 21.2. The van der Waals surface area contributed by atoms with Crippen molar-refractivity contribution < 1.29 is 24.3 Å². The van der Waals surface area contributed by atoms with Gasteiger partial charge >= 0.3 is 5.97 Å². The van der Waals surface area contributed by atoms with Gasteiger partial charge in [0.05, 0.1) is 6.54 Å². The Hall–Kier alpha value is -3.34. The Kier molecular flexibility index (Phi) is 10.5. The van der Waals surface area contributed by atoms with E-state index in [1.807, 2.05) is 0 Å². The van der Waals surface area contributed by atoms with Gasteiger partial charge in [-0.1, -0.05) is 12.1 Å². The predicted octanol–water partition coefficient (Wildman–Crippen LogP) is 1.14. The zero-order chi connectivity index (χ0) is 25.5. The summed E-state index contributed by atoms with van der Waals surface area (Å²) < 4.78 is 0. The molecule has 2 aliphatic rings. The van der Waals surface area contributed by atoms with Gasteiger partial charge in [-0.15, -0.1) is 12.4 Å². The molecule has 1 aliphatic carbocycles. The Bertz CT molecular complexity index is 981. The van der Waals surface area contributed by atoms with Gasteiger partial charge in [0, 0.05) is 36.8 Å². The molecule has 0 spiro atoms. The second-order valence-electron chi connectivity index (χ2n) is 9.26. The summed E-state index contributed by atoms with van der Waals surface area (Å²) in [6.07, 6.45) is 3.27. The van der Waals surface area contributed by atoms with Gasteiger partial charge in [-0.2, -0.15) is 0 Å². The summed E-state index contributed by atoms with van der Waals surface area (Å²) in [7, 11) is 0. The maximum atomic E-state index is 13.3. The van der Waals surface area contributed by atoms with Crippen LogP contribution in [0.5, 0.6) is 0 Å². The molecule has 1 heterocycles. The van der Waals surface area contributed by atoms with Crippen molar-refractivity contribution in [3.8, 4) is 0 Å². The first-order chi connectivity index (χ1) is 16.7. The minimum absolute atomic E-state index is 0. The fraction of sp³-hybridized carbons (Fsp3) is 0.542. The molecular formula is C24H35ClN6O5. The molecule has 2 fully saturated rings. The number of piperazine rings is 1. The van der Waals surface area contributed by atoms with Gasteiger partial charge in [-0.25, -0.2) is 0 Å². The molecule has 12 heteroatoms. The number of Topliss-reactive ketones (excluding diaryl/α,β-unsaturated/α-hetero) is 1. The number of nitrogens with one attached hydrogen (secondary N) is 3. The van der Waals surface area contributed by atoms with E-state index >= 15 is 0 Å². The van der Waals surface area contributed by atoms with Gasteiger partial charge in [0.2, 0.25) is 11.8 Å². The van der Waals surface area contributed by atoms with Crippen LogP contribution in [0.2, 0.25) is 0 Å². The van der Waals surface area contributed by atoms with Gasteiger partial charge in [0.15, 0.2) is 11.7 Å².